The van der Waals surface area contributed by atoms with E-state index in [-0.39, 0.29) is 5.92 Å². The van der Waals surface area contributed by atoms with Crippen LogP contribution in [0.2, 0.25) is 0 Å². The molecule has 198 valence electrons. The lowest BCUT2D eigenvalue weighted by atomic mass is 9.87. The van der Waals surface area contributed by atoms with Gasteiger partial charge in [0.25, 0.3) is 0 Å². The van der Waals surface area contributed by atoms with Gasteiger partial charge < -0.3 is 20.1 Å². The average molecular weight is 514 g/mol. The molecule has 12 heteroatoms. The van der Waals surface area contributed by atoms with Crippen molar-refractivity contribution in [1.82, 2.24) is 15.2 Å². The number of carbonyl (C=O) groups is 4. The first-order chi connectivity index (χ1) is 16.3. The second kappa shape index (κ2) is 12.7. The van der Waals surface area contributed by atoms with Crippen molar-refractivity contribution in [3.8, 4) is 0 Å². The van der Waals surface area contributed by atoms with E-state index in [0.29, 0.717) is 37.6 Å². The first-order valence-electron chi connectivity index (χ1n) is 12.0. The highest BCUT2D eigenvalue weighted by atomic mass is 32.2. The zero-order valence-corrected chi connectivity index (χ0v) is 22.4. The van der Waals surface area contributed by atoms with Gasteiger partial charge in [-0.05, 0) is 51.9 Å². The van der Waals surface area contributed by atoms with E-state index in [9.17, 15) is 19.2 Å². The summed E-state index contributed by atoms with van der Waals surface area (Å²) in [5, 5.41) is 4.63. The summed E-state index contributed by atoms with van der Waals surface area (Å²) in [4.78, 5) is 55.8. The van der Waals surface area contributed by atoms with E-state index >= 15 is 0 Å². The second-order valence-electron chi connectivity index (χ2n) is 10.3. The van der Waals surface area contributed by atoms with Gasteiger partial charge in [-0.2, -0.15) is 0 Å². The third-order valence-corrected chi connectivity index (χ3v) is 6.64. The number of amidine groups is 1. The Morgan fingerprint density at radius 3 is 2.40 bits per heavy atom. The van der Waals surface area contributed by atoms with E-state index in [1.54, 1.807) is 20.8 Å². The molecule has 11 nitrogen and oxygen atoms in total. The van der Waals surface area contributed by atoms with Crippen LogP contribution in [0.5, 0.6) is 0 Å². The van der Waals surface area contributed by atoms with E-state index in [4.69, 9.17) is 15.2 Å². The minimum Gasteiger partial charge on any atom is -0.443 e. The molecule has 0 aromatic heterocycles. The Bertz CT molecular complexity index is 822. The fraction of sp³-hybridized carbons (Fsp3) is 0.783. The van der Waals surface area contributed by atoms with Crippen molar-refractivity contribution in [3.05, 3.63) is 0 Å². The van der Waals surface area contributed by atoms with E-state index in [1.807, 2.05) is 25.8 Å². The maximum atomic E-state index is 13.5. The van der Waals surface area contributed by atoms with Gasteiger partial charge in [0.15, 0.2) is 5.17 Å². The predicted molar refractivity (Wildman–Crippen MR) is 134 cm³/mol. The lowest BCUT2D eigenvalue weighted by Gasteiger charge is -2.37. The van der Waals surface area contributed by atoms with Gasteiger partial charge in [-0.3, -0.25) is 14.4 Å². The lowest BCUT2D eigenvalue weighted by Crippen LogP contribution is -2.60. The van der Waals surface area contributed by atoms with Crippen LogP contribution in [-0.4, -0.2) is 88.9 Å². The fourth-order valence-corrected chi connectivity index (χ4v) is 4.87. The van der Waals surface area contributed by atoms with Crippen molar-refractivity contribution in [2.24, 2.45) is 22.7 Å². The Kier molecular flexibility index (Phi) is 10.5. The number of hydrazone groups is 1. The van der Waals surface area contributed by atoms with Crippen LogP contribution >= 0.6 is 11.8 Å². The number of ketones is 1. The van der Waals surface area contributed by atoms with Crippen molar-refractivity contribution < 1.29 is 28.7 Å². The summed E-state index contributed by atoms with van der Waals surface area (Å²) in [6.07, 6.45) is 0.0821. The van der Waals surface area contributed by atoms with Gasteiger partial charge in [-0.1, -0.05) is 25.6 Å². The molecule has 0 spiro atoms. The summed E-state index contributed by atoms with van der Waals surface area (Å²) in [6, 6.07) is -2.42. The molecule has 0 aliphatic carbocycles. The number of carbonyl (C=O) groups excluding carboxylic acids is 4. The highest BCUT2D eigenvalue weighted by Crippen LogP contribution is 2.27. The predicted octanol–water partition coefficient (Wildman–Crippen LogP) is 1.55. The molecule has 35 heavy (non-hydrogen) atoms. The minimum absolute atomic E-state index is 0.0756. The summed E-state index contributed by atoms with van der Waals surface area (Å²) < 4.78 is 10.9. The van der Waals surface area contributed by atoms with Gasteiger partial charge in [0, 0.05) is 32.6 Å². The van der Waals surface area contributed by atoms with E-state index in [1.165, 1.54) is 11.8 Å². The van der Waals surface area contributed by atoms with Crippen LogP contribution in [0.15, 0.2) is 5.10 Å². The van der Waals surface area contributed by atoms with Gasteiger partial charge in [0.2, 0.25) is 11.7 Å². The van der Waals surface area contributed by atoms with E-state index in [2.05, 4.69) is 10.5 Å². The molecule has 3 N–H and O–H groups in total. The van der Waals surface area contributed by atoms with Gasteiger partial charge in [-0.15, -0.1) is 5.10 Å². The van der Waals surface area contributed by atoms with Crippen LogP contribution in [0.1, 0.15) is 53.9 Å². The molecule has 2 saturated heterocycles. The Morgan fingerprint density at radius 1 is 1.26 bits per heavy atom. The molecule has 0 bridgehead atoms. The molecule has 0 saturated carbocycles. The number of amides is 3. The number of rotatable bonds is 8. The smallest absolute Gasteiger partial charge is 0.417 e. The summed E-state index contributed by atoms with van der Waals surface area (Å²) in [5.41, 5.74) is 7.53. The van der Waals surface area contributed by atoms with Crippen LogP contribution in [0.4, 0.5) is 4.79 Å². The molecule has 2 heterocycles. The summed E-state index contributed by atoms with van der Waals surface area (Å²) in [5.74, 6) is -2.29. The zero-order chi connectivity index (χ0) is 26.3. The van der Waals surface area contributed by atoms with Gasteiger partial charge in [0.05, 0.1) is 6.04 Å². The number of nitrogens with two attached hydrogens (primary N) is 1. The lowest BCUT2D eigenvalue weighted by molar-refractivity contribution is -0.148. The number of ether oxygens (including phenoxy) is 2. The second-order valence-corrected chi connectivity index (χ2v) is 11.4. The summed E-state index contributed by atoms with van der Waals surface area (Å²) >= 11 is 1.45. The number of hydrogen-bond acceptors (Lipinski definition) is 9. The zero-order valence-electron chi connectivity index (χ0n) is 21.5. The molecule has 2 fully saturated rings. The molecule has 2 aliphatic heterocycles. The van der Waals surface area contributed by atoms with Crippen LogP contribution in [0, 0.1) is 11.8 Å². The molecule has 0 aromatic carbocycles. The van der Waals surface area contributed by atoms with Crippen LogP contribution in [0.3, 0.4) is 0 Å². The van der Waals surface area contributed by atoms with Crippen molar-refractivity contribution >= 4 is 40.6 Å². The molecule has 1 unspecified atom stereocenters. The largest absolute Gasteiger partial charge is 0.443 e. The molecule has 0 aromatic rings. The number of Topliss-reactive ketones (excluding diaryl/α,β-unsaturated/α-hetero) is 1. The van der Waals surface area contributed by atoms with Crippen LogP contribution in [-0.2, 0) is 23.9 Å². The standard InChI is InChI=1S/C23H39N5O6S/c1-14(2)13-16(24)20(31)28(22(32)34-23(3,4)5)17(15-7-10-33-11-8-15)18(29)19(30)25-26-21-27(6)9-12-35-21/h14-17H,7-13,24H2,1-6H3,(H,25,30)/b26-21-/t16-,17?/m0/s1. The van der Waals surface area contributed by atoms with Crippen LogP contribution < -0.4 is 11.2 Å². The van der Waals surface area contributed by atoms with Crippen LogP contribution in [0.25, 0.3) is 0 Å². The molecule has 2 aliphatic rings. The highest BCUT2D eigenvalue weighted by molar-refractivity contribution is 8.14. The van der Waals surface area contributed by atoms with Crippen molar-refractivity contribution in [2.75, 3.05) is 32.6 Å². The van der Waals surface area contributed by atoms with Crippen molar-refractivity contribution in [2.45, 2.75) is 71.6 Å². The number of nitrogens with one attached hydrogen (secondary N) is 1. The van der Waals surface area contributed by atoms with Crippen molar-refractivity contribution in [1.29, 1.82) is 0 Å². The summed E-state index contributed by atoms with van der Waals surface area (Å²) in [7, 11) is 1.83. The van der Waals surface area contributed by atoms with E-state index < -0.39 is 47.3 Å². The normalized spacial score (nSPS) is 20.0. The molecule has 2 rings (SSSR count). The molecular formula is C23H39N5O6S. The summed E-state index contributed by atoms with van der Waals surface area (Å²) in [6.45, 7) is 10.2. The SMILES string of the molecule is CC(C)C[C@H](N)C(=O)N(C(=O)OC(C)(C)C)C(C(=O)C(=O)N/N=C1\SCCN1C)C1CCOCC1. The first kappa shape index (κ1) is 29.1. The molecular weight excluding hydrogens is 474 g/mol. The third kappa shape index (κ3) is 8.46. The van der Waals surface area contributed by atoms with Gasteiger partial charge in [-0.25, -0.2) is 15.1 Å². The third-order valence-electron chi connectivity index (χ3n) is 5.59. The Labute approximate surface area is 211 Å². The van der Waals surface area contributed by atoms with Crippen molar-refractivity contribution in [3.63, 3.8) is 0 Å². The fourth-order valence-electron chi connectivity index (χ4n) is 3.90. The highest BCUT2D eigenvalue weighted by Gasteiger charge is 2.46. The number of imide groups is 1. The Hall–Kier alpha value is -2.18. The van der Waals surface area contributed by atoms with Gasteiger partial charge in [0.1, 0.15) is 11.6 Å². The average Bonchev–Trinajstić information content (AvgIpc) is 3.18. The first-order valence-corrected chi connectivity index (χ1v) is 13.0. The van der Waals surface area contributed by atoms with Gasteiger partial charge >= 0.3 is 12.0 Å². The quantitative estimate of drug-likeness (QED) is 0.365. The molecule has 2 atom stereocenters. The maximum Gasteiger partial charge on any atom is 0.417 e. The topological polar surface area (TPSA) is 144 Å². The molecule has 0 radical (unpaired) electrons. The molecule has 3 amide bonds. The number of thioether (sulfide) groups is 1. The maximum absolute atomic E-state index is 13.5. The van der Waals surface area contributed by atoms with E-state index in [0.717, 1.165) is 17.2 Å². The number of hydrogen-bond donors (Lipinski definition) is 2. The Morgan fingerprint density at radius 2 is 1.89 bits per heavy atom. The number of nitrogens with zero attached hydrogens (tertiary/aromatic N) is 3. The Balaban J connectivity index is 2.42. The minimum atomic E-state index is -1.38. The monoisotopic (exact) mass is 513 g/mol.